The second kappa shape index (κ2) is 11.5. The fourth-order valence-corrected chi connectivity index (χ4v) is 5.11. The fraction of sp³-hybridized carbons (Fsp3) is 0.680. The third-order valence-corrected chi connectivity index (χ3v) is 6.93. The second-order valence-electron chi connectivity index (χ2n) is 9.06. The van der Waals surface area contributed by atoms with E-state index < -0.39 is 5.79 Å². The Kier molecular flexibility index (Phi) is 9.68. The third kappa shape index (κ3) is 7.10. The molecule has 2 N–H and O–H groups in total. The first-order valence-corrected chi connectivity index (χ1v) is 12.2. The molecule has 1 aliphatic rings. The molecule has 0 saturated heterocycles. The highest BCUT2D eigenvalue weighted by Crippen LogP contribution is 2.39. The Morgan fingerprint density at radius 3 is 2.76 bits per heavy atom. The van der Waals surface area contributed by atoms with E-state index in [1.165, 1.54) is 36.0 Å². The Morgan fingerprint density at radius 2 is 2.10 bits per heavy atom. The molecule has 0 heterocycles. The summed E-state index contributed by atoms with van der Waals surface area (Å²) >= 11 is 3.65. The van der Waals surface area contributed by atoms with E-state index >= 15 is 4.39 Å². The van der Waals surface area contributed by atoms with Crippen LogP contribution in [-0.2, 0) is 6.42 Å². The van der Waals surface area contributed by atoms with Crippen LogP contribution in [0, 0.1) is 18.8 Å². The summed E-state index contributed by atoms with van der Waals surface area (Å²) in [5.41, 5.74) is 4.69. The van der Waals surface area contributed by atoms with Gasteiger partial charge in [-0.3, -0.25) is 0 Å². The summed E-state index contributed by atoms with van der Waals surface area (Å²) in [6.45, 7) is 11.2. The zero-order chi connectivity index (χ0) is 21.4. The van der Waals surface area contributed by atoms with Gasteiger partial charge in [0.15, 0.2) is 5.79 Å². The number of unbranched alkanes of at least 4 members (excludes halogenated alkanes) is 2. The Labute approximate surface area is 186 Å². The highest BCUT2D eigenvalue weighted by molar-refractivity contribution is 9.10. The fourth-order valence-electron chi connectivity index (χ4n) is 4.61. The van der Waals surface area contributed by atoms with Crippen molar-refractivity contribution in [3.63, 3.8) is 0 Å². The van der Waals surface area contributed by atoms with E-state index in [1.807, 2.05) is 20.0 Å². The van der Waals surface area contributed by atoms with Crippen LogP contribution >= 0.6 is 15.9 Å². The maximum absolute atomic E-state index is 16.5. The van der Waals surface area contributed by atoms with Gasteiger partial charge in [0.2, 0.25) is 0 Å². The van der Waals surface area contributed by atoms with Crippen molar-refractivity contribution in [1.29, 1.82) is 0 Å². The minimum Gasteiger partial charge on any atom is -0.353 e. The minimum absolute atomic E-state index is 0.135. The lowest BCUT2D eigenvalue weighted by Crippen LogP contribution is -2.46. The van der Waals surface area contributed by atoms with Gasteiger partial charge in [0.25, 0.3) is 0 Å². The van der Waals surface area contributed by atoms with Gasteiger partial charge in [-0.2, -0.15) is 0 Å². The van der Waals surface area contributed by atoms with Crippen LogP contribution in [0.1, 0.15) is 76.3 Å². The quantitative estimate of drug-likeness (QED) is 0.199. The summed E-state index contributed by atoms with van der Waals surface area (Å²) in [5, 5.41) is 6.55. The number of benzene rings is 1. The van der Waals surface area contributed by atoms with E-state index in [-0.39, 0.29) is 5.92 Å². The van der Waals surface area contributed by atoms with Crippen LogP contribution in [0.15, 0.2) is 28.8 Å². The van der Waals surface area contributed by atoms with Crippen LogP contribution in [0.25, 0.3) is 0 Å². The molecule has 0 aromatic heterocycles. The number of anilines is 1. The molecule has 2 nitrogen and oxygen atoms in total. The van der Waals surface area contributed by atoms with Crippen molar-refractivity contribution < 1.29 is 4.39 Å². The molecular weight excluding hydrogens is 427 g/mol. The minimum atomic E-state index is -1.45. The SMILES string of the molecule is C=C1CCCC(CC(F)(Nc2cc(Br)cc(CCCCC)c2C)C(C)CNC)C1. The first kappa shape index (κ1) is 24.4. The predicted molar refractivity (Wildman–Crippen MR) is 128 cm³/mol. The zero-order valence-corrected chi connectivity index (χ0v) is 20.4. The summed E-state index contributed by atoms with van der Waals surface area (Å²) in [5.74, 6) is -1.22. The van der Waals surface area contributed by atoms with Gasteiger partial charge in [-0.25, -0.2) is 4.39 Å². The molecule has 1 aromatic carbocycles. The summed E-state index contributed by atoms with van der Waals surface area (Å²) in [6, 6.07) is 4.23. The van der Waals surface area contributed by atoms with E-state index in [2.05, 4.69) is 53.1 Å². The summed E-state index contributed by atoms with van der Waals surface area (Å²) < 4.78 is 17.5. The molecule has 0 amide bonds. The number of halogens is 2. The topological polar surface area (TPSA) is 24.1 Å². The molecule has 0 bridgehead atoms. The lowest BCUT2D eigenvalue weighted by atomic mass is 9.79. The molecule has 3 atom stereocenters. The van der Waals surface area contributed by atoms with Crippen molar-refractivity contribution in [2.24, 2.45) is 11.8 Å². The van der Waals surface area contributed by atoms with Gasteiger partial charge in [-0.15, -0.1) is 0 Å². The Bertz CT molecular complexity index is 675. The molecule has 0 aliphatic heterocycles. The van der Waals surface area contributed by atoms with Gasteiger partial charge in [0.1, 0.15) is 0 Å². The van der Waals surface area contributed by atoms with E-state index in [9.17, 15) is 0 Å². The average Bonchev–Trinajstić information content (AvgIpc) is 2.65. The number of hydrogen-bond donors (Lipinski definition) is 2. The Hall–Kier alpha value is -0.870. The molecule has 1 fully saturated rings. The van der Waals surface area contributed by atoms with Gasteiger partial charge < -0.3 is 10.6 Å². The largest absolute Gasteiger partial charge is 0.353 e. The van der Waals surface area contributed by atoms with Crippen molar-refractivity contribution in [3.8, 4) is 0 Å². The molecule has 1 aliphatic carbocycles. The molecular formula is C25H40BrFN2. The first-order chi connectivity index (χ1) is 13.8. The molecule has 1 aromatic rings. The van der Waals surface area contributed by atoms with Crippen LogP contribution in [0.3, 0.4) is 0 Å². The number of aryl methyl sites for hydroxylation is 1. The molecule has 29 heavy (non-hydrogen) atoms. The average molecular weight is 468 g/mol. The maximum Gasteiger partial charge on any atom is 0.184 e. The molecule has 2 rings (SSSR count). The molecule has 3 unspecified atom stereocenters. The highest BCUT2D eigenvalue weighted by Gasteiger charge is 2.39. The molecule has 1 saturated carbocycles. The van der Waals surface area contributed by atoms with Crippen LogP contribution in [0.2, 0.25) is 0 Å². The second-order valence-corrected chi connectivity index (χ2v) is 9.97. The lowest BCUT2D eigenvalue weighted by molar-refractivity contribution is 0.0847. The zero-order valence-electron chi connectivity index (χ0n) is 18.8. The standard InChI is InChI=1S/C25H40BrFN2/c1-6-7-8-12-22-14-23(26)15-24(20(22)4)29-25(27,19(3)17-28-5)16-21-11-9-10-18(2)13-21/h14-15,19,21,28-29H,2,6-13,16-17H2,1,3-5H3. The van der Waals surface area contributed by atoms with Crippen molar-refractivity contribution in [2.45, 2.75) is 84.4 Å². The van der Waals surface area contributed by atoms with Crippen LogP contribution in [-0.4, -0.2) is 19.4 Å². The van der Waals surface area contributed by atoms with Gasteiger partial charge in [-0.1, -0.05) is 54.8 Å². The molecule has 4 heteroatoms. The van der Waals surface area contributed by atoms with Crippen molar-refractivity contribution >= 4 is 21.6 Å². The van der Waals surface area contributed by atoms with E-state index in [0.717, 1.165) is 42.3 Å². The van der Waals surface area contributed by atoms with E-state index in [1.54, 1.807) is 0 Å². The first-order valence-electron chi connectivity index (χ1n) is 11.4. The number of hydrogen-bond acceptors (Lipinski definition) is 2. The third-order valence-electron chi connectivity index (χ3n) is 6.47. The van der Waals surface area contributed by atoms with Crippen molar-refractivity contribution in [2.75, 3.05) is 18.9 Å². The number of alkyl halides is 1. The number of nitrogens with one attached hydrogen (secondary N) is 2. The van der Waals surface area contributed by atoms with Crippen molar-refractivity contribution in [1.82, 2.24) is 5.32 Å². The lowest BCUT2D eigenvalue weighted by Gasteiger charge is -2.38. The van der Waals surface area contributed by atoms with E-state index in [4.69, 9.17) is 0 Å². The summed E-state index contributed by atoms with van der Waals surface area (Å²) in [7, 11) is 1.90. The Morgan fingerprint density at radius 1 is 1.34 bits per heavy atom. The molecule has 0 spiro atoms. The number of rotatable bonds is 11. The van der Waals surface area contributed by atoms with Crippen LogP contribution in [0.5, 0.6) is 0 Å². The van der Waals surface area contributed by atoms with Gasteiger partial charge in [0.05, 0.1) is 0 Å². The maximum atomic E-state index is 16.5. The smallest absolute Gasteiger partial charge is 0.184 e. The molecule has 164 valence electrons. The Balaban J connectivity index is 2.26. The summed E-state index contributed by atoms with van der Waals surface area (Å²) in [6.07, 6.45) is 9.48. The van der Waals surface area contributed by atoms with Crippen LogP contribution < -0.4 is 10.6 Å². The van der Waals surface area contributed by atoms with Gasteiger partial charge >= 0.3 is 0 Å². The summed E-state index contributed by atoms with van der Waals surface area (Å²) in [4.78, 5) is 0. The predicted octanol–water partition coefficient (Wildman–Crippen LogP) is 7.56. The van der Waals surface area contributed by atoms with E-state index in [0.29, 0.717) is 18.9 Å². The monoisotopic (exact) mass is 466 g/mol. The highest BCUT2D eigenvalue weighted by atomic mass is 79.9. The van der Waals surface area contributed by atoms with Crippen molar-refractivity contribution in [3.05, 3.63) is 39.9 Å². The van der Waals surface area contributed by atoms with Crippen LogP contribution in [0.4, 0.5) is 10.1 Å². The van der Waals surface area contributed by atoms with Gasteiger partial charge in [-0.05, 0) is 81.7 Å². The normalized spacial score (nSPS) is 20.3. The number of allylic oxidation sites excluding steroid dienone is 1. The molecule has 0 radical (unpaired) electrons. The van der Waals surface area contributed by atoms with Gasteiger partial charge in [0, 0.05) is 29.0 Å².